The van der Waals surface area contributed by atoms with E-state index in [2.05, 4.69) is 44.1 Å². The molecule has 2 N–H and O–H groups in total. The maximum Gasteiger partial charge on any atom is 0.253 e. The molecule has 1 aromatic heterocycles. The summed E-state index contributed by atoms with van der Waals surface area (Å²) in [6.45, 7) is 10.2. The summed E-state index contributed by atoms with van der Waals surface area (Å²) in [6.07, 6.45) is 0. The van der Waals surface area contributed by atoms with Crippen molar-refractivity contribution in [3.05, 3.63) is 75.1 Å². The zero-order valence-corrected chi connectivity index (χ0v) is 19.7. The lowest BCUT2D eigenvalue weighted by molar-refractivity contribution is 0.392. The molecule has 5 nitrogen and oxygen atoms in total. The first kappa shape index (κ1) is 22.8. The van der Waals surface area contributed by atoms with Crippen LogP contribution in [0.5, 0.6) is 5.75 Å². The largest absolute Gasteiger partial charge is 0.497 e. The number of pyridine rings is 1. The molecule has 1 heterocycles. The van der Waals surface area contributed by atoms with Gasteiger partial charge in [-0.1, -0.05) is 26.0 Å². The summed E-state index contributed by atoms with van der Waals surface area (Å²) in [5.74, 6) is 1.28. The summed E-state index contributed by atoms with van der Waals surface area (Å²) >= 11 is 5.70. The Morgan fingerprint density at radius 1 is 1.10 bits per heavy atom. The van der Waals surface area contributed by atoms with E-state index in [4.69, 9.17) is 17.0 Å². The van der Waals surface area contributed by atoms with Gasteiger partial charge < -0.3 is 19.9 Å². The van der Waals surface area contributed by atoms with Gasteiger partial charge in [0.2, 0.25) is 0 Å². The average Bonchev–Trinajstić information content (AvgIpc) is 2.74. The monoisotopic (exact) mass is 437 g/mol. The van der Waals surface area contributed by atoms with E-state index in [-0.39, 0.29) is 5.56 Å². The normalized spacial score (nSPS) is 11.0. The fourth-order valence-electron chi connectivity index (χ4n) is 3.40. The number of benzene rings is 2. The van der Waals surface area contributed by atoms with Crippen molar-refractivity contribution in [1.29, 1.82) is 0 Å². The van der Waals surface area contributed by atoms with Gasteiger partial charge in [-0.25, -0.2) is 0 Å². The molecule has 0 unspecified atom stereocenters. The second-order valence-electron chi connectivity index (χ2n) is 8.43. The Labute approximate surface area is 189 Å². The quantitative estimate of drug-likeness (QED) is 0.526. The molecule has 6 heteroatoms. The van der Waals surface area contributed by atoms with E-state index in [1.807, 2.05) is 41.3 Å². The van der Waals surface area contributed by atoms with Gasteiger partial charge in [0.05, 0.1) is 13.7 Å². The van der Waals surface area contributed by atoms with E-state index >= 15 is 0 Å². The molecule has 2 aromatic carbocycles. The number of fused-ring (bicyclic) bond motifs is 1. The first-order chi connectivity index (χ1) is 14.8. The fraction of sp³-hybridized carbons (Fsp3) is 0.360. The van der Waals surface area contributed by atoms with Gasteiger partial charge in [-0.2, -0.15) is 0 Å². The first-order valence-electron chi connectivity index (χ1n) is 10.6. The topological polar surface area (TPSA) is 57.4 Å². The van der Waals surface area contributed by atoms with Gasteiger partial charge >= 0.3 is 0 Å². The number of methoxy groups -OCH3 is 1. The van der Waals surface area contributed by atoms with E-state index < -0.39 is 0 Å². The second-order valence-corrected chi connectivity index (χ2v) is 8.82. The molecule has 0 aliphatic carbocycles. The predicted molar refractivity (Wildman–Crippen MR) is 132 cm³/mol. The molecule has 0 aliphatic heterocycles. The van der Waals surface area contributed by atoms with Crippen LogP contribution in [-0.2, 0) is 13.1 Å². The molecule has 0 spiro atoms. The number of aryl methyl sites for hydroxylation is 2. The first-order valence-corrected chi connectivity index (χ1v) is 11.0. The Morgan fingerprint density at radius 3 is 2.42 bits per heavy atom. The molecule has 0 atom stereocenters. The third-order valence-corrected chi connectivity index (χ3v) is 5.78. The van der Waals surface area contributed by atoms with Crippen LogP contribution in [0.15, 0.2) is 47.3 Å². The molecule has 3 aromatic rings. The highest BCUT2D eigenvalue weighted by atomic mass is 32.1. The van der Waals surface area contributed by atoms with Crippen LogP contribution in [-0.4, -0.2) is 28.7 Å². The zero-order chi connectivity index (χ0) is 22.5. The predicted octanol–water partition coefficient (Wildman–Crippen LogP) is 4.69. The summed E-state index contributed by atoms with van der Waals surface area (Å²) in [7, 11) is 1.65. The molecule has 0 saturated carbocycles. The summed E-state index contributed by atoms with van der Waals surface area (Å²) in [5.41, 5.74) is 4.93. The summed E-state index contributed by atoms with van der Waals surface area (Å²) in [6, 6.07) is 14.0. The van der Waals surface area contributed by atoms with Gasteiger partial charge in [0.15, 0.2) is 5.11 Å². The summed E-state index contributed by atoms with van der Waals surface area (Å²) in [4.78, 5) is 17.9. The van der Waals surface area contributed by atoms with Crippen molar-refractivity contribution in [2.75, 3.05) is 13.7 Å². The van der Waals surface area contributed by atoms with Crippen LogP contribution in [0.1, 0.15) is 36.1 Å². The number of aromatic nitrogens is 1. The maximum absolute atomic E-state index is 12.8. The Bertz CT molecular complexity index is 1120. The van der Waals surface area contributed by atoms with Crippen LogP contribution in [0, 0.1) is 19.8 Å². The molecule has 0 saturated heterocycles. The van der Waals surface area contributed by atoms with Crippen molar-refractivity contribution in [1.82, 2.24) is 15.2 Å². The maximum atomic E-state index is 12.8. The number of nitrogens with one attached hydrogen (secondary N) is 2. The highest BCUT2D eigenvalue weighted by Crippen LogP contribution is 2.19. The van der Waals surface area contributed by atoms with E-state index in [0.717, 1.165) is 34.3 Å². The number of H-pyrrole nitrogens is 1. The highest BCUT2D eigenvalue weighted by molar-refractivity contribution is 7.80. The molecule has 0 fully saturated rings. The lowest BCUT2D eigenvalue weighted by Gasteiger charge is -2.26. The van der Waals surface area contributed by atoms with Gasteiger partial charge in [0, 0.05) is 24.2 Å². The fourth-order valence-corrected chi connectivity index (χ4v) is 3.61. The molecule has 0 bridgehead atoms. The Balaban J connectivity index is 1.90. The number of hydrogen-bond acceptors (Lipinski definition) is 3. The van der Waals surface area contributed by atoms with E-state index in [1.165, 1.54) is 5.56 Å². The van der Waals surface area contributed by atoms with E-state index in [0.29, 0.717) is 29.7 Å². The Kier molecular flexibility index (Phi) is 7.33. The van der Waals surface area contributed by atoms with Crippen LogP contribution in [0.4, 0.5) is 0 Å². The number of rotatable bonds is 7. The number of hydrogen-bond donors (Lipinski definition) is 2. The molecule has 0 amide bonds. The standard InChI is InChI=1S/C25H31N3O2S/c1-16(2)13-26-25(31)28(14-19-6-8-22(30-5)9-7-19)15-21-12-20-10-17(3)18(4)11-23(20)27-24(21)29/h6-12,16H,13-15H2,1-5H3,(H,26,31)(H,27,29). The van der Waals surface area contributed by atoms with Crippen LogP contribution < -0.4 is 15.6 Å². The number of nitrogens with zero attached hydrogens (tertiary/aromatic N) is 1. The Morgan fingerprint density at radius 2 is 1.77 bits per heavy atom. The smallest absolute Gasteiger partial charge is 0.253 e. The molecular weight excluding hydrogens is 406 g/mol. The molecule has 0 aliphatic rings. The van der Waals surface area contributed by atoms with Crippen LogP contribution >= 0.6 is 12.2 Å². The van der Waals surface area contributed by atoms with Crippen LogP contribution in [0.25, 0.3) is 10.9 Å². The number of thiocarbonyl (C=S) groups is 1. The third-order valence-electron chi connectivity index (χ3n) is 5.38. The second kappa shape index (κ2) is 9.96. The van der Waals surface area contributed by atoms with Gasteiger partial charge in [-0.05, 0) is 84.4 Å². The molecule has 164 valence electrons. The minimum Gasteiger partial charge on any atom is -0.497 e. The van der Waals surface area contributed by atoms with Crippen molar-refractivity contribution in [2.24, 2.45) is 5.92 Å². The van der Waals surface area contributed by atoms with Crippen molar-refractivity contribution in [2.45, 2.75) is 40.8 Å². The van der Waals surface area contributed by atoms with E-state index in [9.17, 15) is 4.79 Å². The lowest BCUT2D eigenvalue weighted by Crippen LogP contribution is -2.41. The summed E-state index contributed by atoms with van der Waals surface area (Å²) in [5, 5.41) is 5.01. The van der Waals surface area contributed by atoms with Crippen LogP contribution in [0.2, 0.25) is 0 Å². The molecule has 3 rings (SSSR count). The van der Waals surface area contributed by atoms with Gasteiger partial charge in [0.25, 0.3) is 5.56 Å². The van der Waals surface area contributed by atoms with Gasteiger partial charge in [-0.3, -0.25) is 4.79 Å². The van der Waals surface area contributed by atoms with Crippen molar-refractivity contribution in [3.8, 4) is 5.75 Å². The minimum atomic E-state index is -0.0813. The Hall–Kier alpha value is -2.86. The highest BCUT2D eigenvalue weighted by Gasteiger charge is 2.15. The molecule has 31 heavy (non-hydrogen) atoms. The van der Waals surface area contributed by atoms with E-state index in [1.54, 1.807) is 7.11 Å². The lowest BCUT2D eigenvalue weighted by atomic mass is 10.0. The number of ether oxygens (including phenoxy) is 1. The third kappa shape index (κ3) is 5.85. The molecular formula is C25H31N3O2S. The molecule has 0 radical (unpaired) electrons. The van der Waals surface area contributed by atoms with Crippen molar-refractivity contribution >= 4 is 28.2 Å². The van der Waals surface area contributed by atoms with Crippen molar-refractivity contribution in [3.63, 3.8) is 0 Å². The van der Waals surface area contributed by atoms with Crippen molar-refractivity contribution < 1.29 is 4.74 Å². The SMILES string of the molecule is COc1ccc(CN(Cc2cc3cc(C)c(C)cc3[nH]c2=O)C(=S)NCC(C)C)cc1. The zero-order valence-electron chi connectivity index (χ0n) is 18.9. The number of aromatic amines is 1. The van der Waals surface area contributed by atoms with Gasteiger partial charge in [-0.15, -0.1) is 0 Å². The van der Waals surface area contributed by atoms with Crippen LogP contribution in [0.3, 0.4) is 0 Å². The summed E-state index contributed by atoms with van der Waals surface area (Å²) < 4.78 is 5.26. The van der Waals surface area contributed by atoms with Gasteiger partial charge in [0.1, 0.15) is 5.75 Å². The average molecular weight is 438 g/mol. The minimum absolute atomic E-state index is 0.0813.